The molecular formula is C9H4F3N3O. The first-order valence-corrected chi connectivity index (χ1v) is 3.98. The fourth-order valence-electron chi connectivity index (χ4n) is 0.981. The first-order chi connectivity index (χ1) is 7.44. The van der Waals surface area contributed by atoms with Crippen LogP contribution in [0.3, 0.4) is 0 Å². The molecule has 0 aliphatic carbocycles. The quantitative estimate of drug-likeness (QED) is 0.773. The van der Waals surface area contributed by atoms with Crippen LogP contribution in [0.15, 0.2) is 12.1 Å². The highest BCUT2D eigenvalue weighted by Crippen LogP contribution is 2.23. The van der Waals surface area contributed by atoms with Gasteiger partial charge in [0, 0.05) is 12.1 Å². The molecule has 1 aromatic heterocycles. The maximum atomic E-state index is 11.9. The van der Waals surface area contributed by atoms with E-state index in [1.54, 1.807) is 12.1 Å². The van der Waals surface area contributed by atoms with Crippen molar-refractivity contribution in [2.45, 2.75) is 12.8 Å². The van der Waals surface area contributed by atoms with Crippen LogP contribution in [0.1, 0.15) is 11.4 Å². The van der Waals surface area contributed by atoms with Gasteiger partial charge in [-0.15, -0.1) is 13.2 Å². The Balaban J connectivity index is 3.06. The Morgan fingerprint density at radius 2 is 2.00 bits per heavy atom. The third kappa shape index (κ3) is 3.46. The molecule has 1 rings (SSSR count). The van der Waals surface area contributed by atoms with Crippen LogP contribution < -0.4 is 4.74 Å². The average molecular weight is 227 g/mol. The summed E-state index contributed by atoms with van der Waals surface area (Å²) in [6.07, 6.45) is -5.03. The number of nitrogens with zero attached hydrogens (tertiary/aromatic N) is 3. The van der Waals surface area contributed by atoms with E-state index in [2.05, 4.69) is 9.72 Å². The van der Waals surface area contributed by atoms with Gasteiger partial charge in [-0.1, -0.05) is 0 Å². The predicted octanol–water partition coefficient (Wildman–Crippen LogP) is 1.92. The van der Waals surface area contributed by atoms with Crippen molar-refractivity contribution in [3.63, 3.8) is 0 Å². The maximum absolute atomic E-state index is 11.9. The molecule has 7 heteroatoms. The zero-order valence-corrected chi connectivity index (χ0v) is 7.75. The Labute approximate surface area is 88.5 Å². The van der Waals surface area contributed by atoms with Crippen molar-refractivity contribution in [3.8, 4) is 17.9 Å². The molecule has 0 spiro atoms. The molecule has 0 atom stereocenters. The van der Waals surface area contributed by atoms with Crippen molar-refractivity contribution in [3.05, 3.63) is 23.5 Å². The van der Waals surface area contributed by atoms with E-state index in [0.717, 1.165) is 12.1 Å². The lowest BCUT2D eigenvalue weighted by Crippen LogP contribution is -2.17. The summed E-state index contributed by atoms with van der Waals surface area (Å²) in [7, 11) is 0. The molecule has 1 aromatic rings. The van der Waals surface area contributed by atoms with Crippen LogP contribution in [0.25, 0.3) is 0 Å². The summed E-state index contributed by atoms with van der Waals surface area (Å²) in [4.78, 5) is 3.64. The first kappa shape index (κ1) is 11.8. The van der Waals surface area contributed by atoms with E-state index >= 15 is 0 Å². The zero-order chi connectivity index (χ0) is 12.2. The van der Waals surface area contributed by atoms with Gasteiger partial charge < -0.3 is 4.74 Å². The van der Waals surface area contributed by atoms with Crippen molar-refractivity contribution in [1.29, 1.82) is 10.5 Å². The van der Waals surface area contributed by atoms with Crippen LogP contribution in [-0.4, -0.2) is 11.3 Å². The summed E-state index contributed by atoms with van der Waals surface area (Å²) >= 11 is 0. The van der Waals surface area contributed by atoms with E-state index in [1.165, 1.54) is 0 Å². The van der Waals surface area contributed by atoms with E-state index in [-0.39, 0.29) is 17.8 Å². The van der Waals surface area contributed by atoms with Crippen molar-refractivity contribution < 1.29 is 17.9 Å². The smallest absolute Gasteiger partial charge is 0.406 e. The third-order valence-electron chi connectivity index (χ3n) is 1.46. The minimum Gasteiger partial charge on any atom is -0.406 e. The minimum atomic E-state index is -4.84. The molecule has 0 amide bonds. The first-order valence-electron chi connectivity index (χ1n) is 3.98. The number of rotatable bonds is 2. The van der Waals surface area contributed by atoms with Crippen molar-refractivity contribution in [2.24, 2.45) is 0 Å². The molecule has 0 saturated carbocycles. The molecular weight excluding hydrogens is 223 g/mol. The van der Waals surface area contributed by atoms with Crippen LogP contribution in [0.4, 0.5) is 13.2 Å². The summed E-state index contributed by atoms with van der Waals surface area (Å²) in [6, 6.07) is 5.13. The number of hydrogen-bond donors (Lipinski definition) is 0. The molecule has 0 aromatic carbocycles. The third-order valence-corrected chi connectivity index (χ3v) is 1.46. The van der Waals surface area contributed by atoms with Crippen molar-refractivity contribution >= 4 is 0 Å². The number of halogens is 3. The molecule has 16 heavy (non-hydrogen) atoms. The van der Waals surface area contributed by atoms with E-state index in [0.29, 0.717) is 0 Å². The number of ether oxygens (including phenoxy) is 1. The lowest BCUT2D eigenvalue weighted by atomic mass is 10.2. The largest absolute Gasteiger partial charge is 0.573 e. The Kier molecular flexibility index (Phi) is 3.31. The summed E-state index contributed by atoms with van der Waals surface area (Å²) in [6.45, 7) is 0. The van der Waals surface area contributed by atoms with Crippen molar-refractivity contribution in [1.82, 2.24) is 4.98 Å². The zero-order valence-electron chi connectivity index (χ0n) is 7.75. The summed E-state index contributed by atoms with van der Waals surface area (Å²) in [5, 5.41) is 16.9. The van der Waals surface area contributed by atoms with Crippen LogP contribution in [0.2, 0.25) is 0 Å². The van der Waals surface area contributed by atoms with Gasteiger partial charge in [0.2, 0.25) is 0 Å². The summed E-state index contributed by atoms with van der Waals surface area (Å²) in [5.74, 6) is -0.552. The van der Waals surface area contributed by atoms with Crippen LogP contribution in [0, 0.1) is 22.7 Å². The normalized spacial score (nSPS) is 10.3. The Morgan fingerprint density at radius 1 is 1.31 bits per heavy atom. The molecule has 0 aliphatic heterocycles. The van der Waals surface area contributed by atoms with Gasteiger partial charge in [0.05, 0.1) is 18.2 Å². The topological polar surface area (TPSA) is 69.7 Å². The second-order valence-electron chi connectivity index (χ2n) is 2.67. The lowest BCUT2D eigenvalue weighted by Gasteiger charge is -2.09. The number of alkyl halides is 3. The molecule has 0 aliphatic rings. The molecule has 0 radical (unpaired) electrons. The van der Waals surface area contributed by atoms with Gasteiger partial charge in [0.1, 0.15) is 17.5 Å². The van der Waals surface area contributed by atoms with Gasteiger partial charge in [-0.2, -0.15) is 10.5 Å². The van der Waals surface area contributed by atoms with E-state index in [1.807, 2.05) is 0 Å². The standard InChI is InChI=1S/C9H4F3N3O/c10-9(11,12)16-8-3-6(1-2-13)15-7(4-8)5-14/h3-4H,1H2. The second kappa shape index (κ2) is 4.49. The minimum absolute atomic E-state index is 0.0563. The molecule has 1 heterocycles. The molecule has 0 N–H and O–H groups in total. The fourth-order valence-corrected chi connectivity index (χ4v) is 0.981. The Hall–Kier alpha value is -2.28. The second-order valence-corrected chi connectivity index (χ2v) is 2.67. The van der Waals surface area contributed by atoms with Crippen molar-refractivity contribution in [2.75, 3.05) is 0 Å². The predicted molar refractivity (Wildman–Crippen MR) is 45.0 cm³/mol. The number of hydrogen-bond acceptors (Lipinski definition) is 4. The number of aromatic nitrogens is 1. The number of pyridine rings is 1. The van der Waals surface area contributed by atoms with E-state index < -0.39 is 12.1 Å². The Bertz CT molecular complexity index is 470. The van der Waals surface area contributed by atoms with Gasteiger partial charge in [-0.3, -0.25) is 0 Å². The van der Waals surface area contributed by atoms with Gasteiger partial charge in [-0.05, 0) is 0 Å². The van der Waals surface area contributed by atoms with Crippen LogP contribution in [-0.2, 0) is 6.42 Å². The number of nitriles is 2. The highest BCUT2D eigenvalue weighted by molar-refractivity contribution is 5.34. The maximum Gasteiger partial charge on any atom is 0.573 e. The van der Waals surface area contributed by atoms with Gasteiger partial charge in [0.15, 0.2) is 0 Å². The molecule has 0 fully saturated rings. The molecule has 82 valence electrons. The monoisotopic (exact) mass is 227 g/mol. The van der Waals surface area contributed by atoms with E-state index in [9.17, 15) is 13.2 Å². The highest BCUT2D eigenvalue weighted by Gasteiger charge is 2.31. The highest BCUT2D eigenvalue weighted by atomic mass is 19.4. The van der Waals surface area contributed by atoms with Gasteiger partial charge >= 0.3 is 6.36 Å². The summed E-state index contributed by atoms with van der Waals surface area (Å²) < 4.78 is 39.3. The fraction of sp³-hybridized carbons (Fsp3) is 0.222. The summed E-state index contributed by atoms with van der Waals surface area (Å²) in [5.41, 5.74) is -0.173. The van der Waals surface area contributed by atoms with E-state index in [4.69, 9.17) is 10.5 Å². The lowest BCUT2D eigenvalue weighted by molar-refractivity contribution is -0.274. The molecule has 0 bridgehead atoms. The van der Waals surface area contributed by atoms with Crippen LogP contribution >= 0.6 is 0 Å². The Morgan fingerprint density at radius 3 is 2.50 bits per heavy atom. The molecule has 4 nitrogen and oxygen atoms in total. The SMILES string of the molecule is N#CCc1cc(OC(F)(F)F)cc(C#N)n1. The average Bonchev–Trinajstić information content (AvgIpc) is 2.15. The van der Waals surface area contributed by atoms with Gasteiger partial charge in [-0.25, -0.2) is 4.98 Å². The van der Waals surface area contributed by atoms with Gasteiger partial charge in [0.25, 0.3) is 0 Å². The molecule has 0 saturated heterocycles. The molecule has 0 unspecified atom stereocenters. The van der Waals surface area contributed by atoms with Crippen LogP contribution in [0.5, 0.6) is 5.75 Å².